The van der Waals surface area contributed by atoms with E-state index in [4.69, 9.17) is 8.83 Å². The van der Waals surface area contributed by atoms with Crippen molar-refractivity contribution in [2.24, 2.45) is 0 Å². The van der Waals surface area contributed by atoms with Crippen molar-refractivity contribution in [1.82, 2.24) is 0 Å². The Hall–Kier alpha value is -2.04. The van der Waals surface area contributed by atoms with E-state index in [1.54, 1.807) is 35.2 Å². The maximum absolute atomic E-state index is 5.19. The quantitative estimate of drug-likeness (QED) is 0.452. The van der Waals surface area contributed by atoms with E-state index in [2.05, 4.69) is 0 Å². The van der Waals surface area contributed by atoms with Crippen LogP contribution in [0, 0.1) is 0 Å². The van der Waals surface area contributed by atoms with Gasteiger partial charge in [-0.25, -0.2) is 0 Å². The second-order valence-electron chi connectivity index (χ2n) is 3.91. The molecule has 0 saturated heterocycles. The van der Waals surface area contributed by atoms with Gasteiger partial charge in [0, 0.05) is 0 Å². The summed E-state index contributed by atoms with van der Waals surface area (Å²) in [5, 5.41) is 4.08. The molecule has 4 rings (SSSR count). The van der Waals surface area contributed by atoms with E-state index >= 15 is 0 Å². The van der Waals surface area contributed by atoms with E-state index in [9.17, 15) is 0 Å². The predicted molar refractivity (Wildman–Crippen MR) is 84.0 cm³/mol. The fourth-order valence-corrected chi connectivity index (χ4v) is 3.06. The molecule has 0 N–H and O–H groups in total. The molecular weight excluding hydrogens is 288 g/mol. The van der Waals surface area contributed by atoms with Gasteiger partial charge in [-0.15, -0.1) is 22.7 Å². The highest BCUT2D eigenvalue weighted by Gasteiger charge is 1.98. The fourth-order valence-electron chi connectivity index (χ4n) is 1.68. The molecule has 0 saturated carbocycles. The molecular formula is C16H12O2S2. The van der Waals surface area contributed by atoms with Gasteiger partial charge in [0.05, 0.1) is 22.3 Å². The van der Waals surface area contributed by atoms with E-state index in [0.29, 0.717) is 0 Å². The first kappa shape index (κ1) is 13.0. The molecule has 0 spiro atoms. The Labute approximate surface area is 124 Å². The smallest absolute Gasteiger partial charge is 0.143 e. The molecule has 0 aromatic carbocycles. The number of rotatable bonds is 2. The second kappa shape index (κ2) is 6.41. The first-order valence-corrected chi connectivity index (χ1v) is 7.84. The summed E-state index contributed by atoms with van der Waals surface area (Å²) in [5.41, 5.74) is 0. The van der Waals surface area contributed by atoms with E-state index in [-0.39, 0.29) is 0 Å². The van der Waals surface area contributed by atoms with Crippen LogP contribution in [0.2, 0.25) is 0 Å². The Morgan fingerprint density at radius 1 is 0.600 bits per heavy atom. The van der Waals surface area contributed by atoms with Crippen molar-refractivity contribution in [1.29, 1.82) is 0 Å². The topological polar surface area (TPSA) is 26.3 Å². The fraction of sp³-hybridized carbons (Fsp3) is 0. The van der Waals surface area contributed by atoms with Crippen LogP contribution < -0.4 is 0 Å². The van der Waals surface area contributed by atoms with Crippen molar-refractivity contribution >= 4 is 22.7 Å². The standard InChI is InChI=1S/2C8H6OS/c2*1-3-7(9-5-1)8-4-2-6-10-8/h2*1-6H. The Morgan fingerprint density at radius 2 is 1.10 bits per heavy atom. The van der Waals surface area contributed by atoms with Gasteiger partial charge in [-0.05, 0) is 47.2 Å². The average Bonchev–Trinajstić information content (AvgIpc) is 3.29. The molecule has 2 nitrogen and oxygen atoms in total. The molecule has 0 aliphatic rings. The summed E-state index contributed by atoms with van der Waals surface area (Å²) in [6.45, 7) is 0. The molecule has 100 valence electrons. The first-order chi connectivity index (χ1) is 9.93. The zero-order chi connectivity index (χ0) is 13.6. The van der Waals surface area contributed by atoms with Gasteiger partial charge in [-0.2, -0.15) is 0 Å². The highest BCUT2D eigenvalue weighted by atomic mass is 32.1. The minimum atomic E-state index is 0.954. The molecule has 0 amide bonds. The van der Waals surface area contributed by atoms with Crippen molar-refractivity contribution in [2.45, 2.75) is 0 Å². The lowest BCUT2D eigenvalue weighted by atomic mass is 10.4. The lowest BCUT2D eigenvalue weighted by Crippen LogP contribution is -1.58. The van der Waals surface area contributed by atoms with E-state index in [1.165, 1.54) is 9.75 Å². The largest absolute Gasteiger partial charge is 0.464 e. The molecule has 4 aromatic heterocycles. The van der Waals surface area contributed by atoms with Gasteiger partial charge in [0.1, 0.15) is 11.5 Å². The number of hydrogen-bond donors (Lipinski definition) is 0. The molecule has 4 heterocycles. The summed E-state index contributed by atoms with van der Waals surface area (Å²) in [5.74, 6) is 1.91. The third-order valence-corrected chi connectivity index (χ3v) is 4.34. The Morgan fingerprint density at radius 3 is 1.40 bits per heavy atom. The van der Waals surface area contributed by atoms with E-state index in [0.717, 1.165) is 11.5 Å². The molecule has 0 bridgehead atoms. The summed E-state index contributed by atoms with van der Waals surface area (Å²) in [6, 6.07) is 15.8. The molecule has 0 aliphatic carbocycles. The maximum Gasteiger partial charge on any atom is 0.143 e. The van der Waals surface area contributed by atoms with Crippen LogP contribution in [0.5, 0.6) is 0 Å². The van der Waals surface area contributed by atoms with Gasteiger partial charge in [-0.3, -0.25) is 0 Å². The predicted octanol–water partition coefficient (Wildman–Crippen LogP) is 6.02. The van der Waals surface area contributed by atoms with Crippen LogP contribution in [0.3, 0.4) is 0 Å². The molecule has 20 heavy (non-hydrogen) atoms. The number of furan rings is 2. The molecule has 0 atom stereocenters. The highest BCUT2D eigenvalue weighted by molar-refractivity contribution is 7.13. The van der Waals surface area contributed by atoms with Crippen LogP contribution in [-0.4, -0.2) is 0 Å². The zero-order valence-electron chi connectivity index (χ0n) is 10.6. The van der Waals surface area contributed by atoms with Crippen molar-refractivity contribution in [2.75, 3.05) is 0 Å². The highest BCUT2D eigenvalue weighted by Crippen LogP contribution is 2.24. The lowest BCUT2D eigenvalue weighted by Gasteiger charge is -1.84. The van der Waals surface area contributed by atoms with Crippen molar-refractivity contribution < 1.29 is 8.83 Å². The van der Waals surface area contributed by atoms with Gasteiger partial charge in [0.2, 0.25) is 0 Å². The Bertz CT molecular complexity index is 562. The van der Waals surface area contributed by atoms with Crippen LogP contribution in [-0.2, 0) is 0 Å². The van der Waals surface area contributed by atoms with Crippen LogP contribution in [0.4, 0.5) is 0 Å². The maximum atomic E-state index is 5.19. The van der Waals surface area contributed by atoms with E-state index in [1.807, 2.05) is 59.3 Å². The van der Waals surface area contributed by atoms with Crippen LogP contribution in [0.1, 0.15) is 0 Å². The van der Waals surface area contributed by atoms with Crippen LogP contribution in [0.15, 0.2) is 80.7 Å². The van der Waals surface area contributed by atoms with Gasteiger partial charge < -0.3 is 8.83 Å². The summed E-state index contributed by atoms with van der Waals surface area (Å²) in [6.07, 6.45) is 3.38. The summed E-state index contributed by atoms with van der Waals surface area (Å²) in [7, 11) is 0. The van der Waals surface area contributed by atoms with Crippen molar-refractivity contribution in [3.63, 3.8) is 0 Å². The molecule has 0 radical (unpaired) electrons. The van der Waals surface area contributed by atoms with Crippen LogP contribution >= 0.6 is 22.7 Å². The van der Waals surface area contributed by atoms with Gasteiger partial charge in [0.15, 0.2) is 0 Å². The Kier molecular flexibility index (Phi) is 4.16. The van der Waals surface area contributed by atoms with Crippen molar-refractivity contribution in [3.8, 4) is 21.3 Å². The molecule has 0 unspecified atom stereocenters. The minimum Gasteiger partial charge on any atom is -0.464 e. The van der Waals surface area contributed by atoms with E-state index < -0.39 is 0 Å². The summed E-state index contributed by atoms with van der Waals surface area (Å²) >= 11 is 3.37. The van der Waals surface area contributed by atoms with Crippen LogP contribution in [0.25, 0.3) is 21.3 Å². The van der Waals surface area contributed by atoms with Crippen molar-refractivity contribution in [3.05, 3.63) is 71.8 Å². The molecule has 0 fully saturated rings. The average molecular weight is 300 g/mol. The normalized spacial score (nSPS) is 10.0. The molecule has 4 aromatic rings. The third-order valence-electron chi connectivity index (χ3n) is 2.57. The first-order valence-electron chi connectivity index (χ1n) is 6.08. The minimum absolute atomic E-state index is 0.954. The molecule has 4 heteroatoms. The Balaban J connectivity index is 0.000000121. The van der Waals surface area contributed by atoms with Gasteiger partial charge in [-0.1, -0.05) is 12.1 Å². The second-order valence-corrected chi connectivity index (χ2v) is 5.80. The monoisotopic (exact) mass is 300 g/mol. The van der Waals surface area contributed by atoms with Gasteiger partial charge in [0.25, 0.3) is 0 Å². The zero-order valence-corrected chi connectivity index (χ0v) is 12.2. The number of thiophene rings is 2. The SMILES string of the molecule is c1coc(-c2cccs2)c1.c1coc(-c2cccs2)c1. The van der Waals surface area contributed by atoms with Gasteiger partial charge >= 0.3 is 0 Å². The number of hydrogen-bond acceptors (Lipinski definition) is 4. The molecule has 0 aliphatic heterocycles. The summed E-state index contributed by atoms with van der Waals surface area (Å²) in [4.78, 5) is 2.37. The summed E-state index contributed by atoms with van der Waals surface area (Å²) < 4.78 is 10.4. The lowest BCUT2D eigenvalue weighted by molar-refractivity contribution is 0.583. The third kappa shape index (κ3) is 3.10.